The lowest BCUT2D eigenvalue weighted by atomic mass is 10.2. The Balaban J connectivity index is 2.56. The number of hydrogen-bond acceptors (Lipinski definition) is 5. The number of hydrogen-bond donors (Lipinski definition) is 2. The van der Waals surface area contributed by atoms with Crippen molar-refractivity contribution in [3.63, 3.8) is 0 Å². The number of anilines is 1. The number of halogens is 3. The maximum atomic E-state index is 11.8. The molecule has 0 unspecified atom stereocenters. The predicted molar refractivity (Wildman–Crippen MR) is 60.3 cm³/mol. The van der Waals surface area contributed by atoms with E-state index in [0.717, 1.165) is 18.2 Å². The Morgan fingerprint density at radius 1 is 1.45 bits per heavy atom. The largest absolute Gasteiger partial charge is 0.506 e. The van der Waals surface area contributed by atoms with E-state index in [-0.39, 0.29) is 5.69 Å². The van der Waals surface area contributed by atoms with Crippen LogP contribution in [0, 0.1) is 10.1 Å². The number of benzene rings is 1. The number of nitro groups is 1. The van der Waals surface area contributed by atoms with Crippen molar-refractivity contribution < 1.29 is 32.7 Å². The standard InChI is InChI=1S/C10H9F3N2O5/c11-10(12,13)5-20-4-9(17)14-7-2-1-6(15(18)19)3-8(7)16/h1-3,16H,4-5H2,(H,14,17). The average molecular weight is 294 g/mol. The summed E-state index contributed by atoms with van der Waals surface area (Å²) in [5.41, 5.74) is -0.565. The van der Waals surface area contributed by atoms with Crippen LogP contribution >= 0.6 is 0 Å². The van der Waals surface area contributed by atoms with Gasteiger partial charge in [-0.2, -0.15) is 13.2 Å². The molecule has 7 nitrogen and oxygen atoms in total. The van der Waals surface area contributed by atoms with Gasteiger partial charge in [0.1, 0.15) is 19.0 Å². The van der Waals surface area contributed by atoms with Crippen LogP contribution in [-0.2, 0) is 9.53 Å². The van der Waals surface area contributed by atoms with Gasteiger partial charge in [0.2, 0.25) is 5.91 Å². The highest BCUT2D eigenvalue weighted by atomic mass is 19.4. The summed E-state index contributed by atoms with van der Waals surface area (Å²) in [5, 5.41) is 21.9. The van der Waals surface area contributed by atoms with Crippen LogP contribution in [0.5, 0.6) is 5.75 Å². The van der Waals surface area contributed by atoms with E-state index in [2.05, 4.69) is 10.1 Å². The van der Waals surface area contributed by atoms with E-state index in [4.69, 9.17) is 0 Å². The van der Waals surface area contributed by atoms with E-state index in [9.17, 15) is 33.2 Å². The molecule has 0 saturated heterocycles. The summed E-state index contributed by atoms with van der Waals surface area (Å²) in [6, 6.07) is 2.87. The molecule has 1 aromatic carbocycles. The van der Waals surface area contributed by atoms with Crippen LogP contribution < -0.4 is 5.32 Å². The minimum atomic E-state index is -4.55. The first-order valence-electron chi connectivity index (χ1n) is 5.11. The molecule has 0 aliphatic heterocycles. The third-order valence-corrected chi connectivity index (χ3v) is 1.97. The van der Waals surface area contributed by atoms with Gasteiger partial charge in [-0.15, -0.1) is 0 Å². The van der Waals surface area contributed by atoms with Gasteiger partial charge < -0.3 is 15.2 Å². The molecule has 0 fully saturated rings. The second-order valence-corrected chi connectivity index (χ2v) is 3.61. The maximum Gasteiger partial charge on any atom is 0.411 e. The van der Waals surface area contributed by atoms with E-state index >= 15 is 0 Å². The molecule has 2 N–H and O–H groups in total. The second kappa shape index (κ2) is 6.19. The first-order chi connectivity index (χ1) is 9.19. The number of nitrogens with one attached hydrogen (secondary N) is 1. The Morgan fingerprint density at radius 2 is 2.10 bits per heavy atom. The lowest BCUT2D eigenvalue weighted by Crippen LogP contribution is -2.24. The van der Waals surface area contributed by atoms with Gasteiger partial charge in [0.25, 0.3) is 5.69 Å². The monoisotopic (exact) mass is 294 g/mol. The third kappa shape index (κ3) is 5.10. The first-order valence-corrected chi connectivity index (χ1v) is 5.11. The van der Waals surface area contributed by atoms with Crippen LogP contribution in [0.3, 0.4) is 0 Å². The van der Waals surface area contributed by atoms with Gasteiger partial charge in [0.05, 0.1) is 16.7 Å². The topological polar surface area (TPSA) is 102 Å². The molecule has 20 heavy (non-hydrogen) atoms. The number of rotatable bonds is 5. The number of nitrogens with zero attached hydrogens (tertiary/aromatic N) is 1. The summed E-state index contributed by atoms with van der Waals surface area (Å²) in [5.74, 6) is -1.51. The van der Waals surface area contributed by atoms with Gasteiger partial charge in [-0.1, -0.05) is 0 Å². The quantitative estimate of drug-likeness (QED) is 0.490. The molecule has 1 aromatic rings. The molecular weight excluding hydrogens is 285 g/mol. The summed E-state index contributed by atoms with van der Waals surface area (Å²) in [6.45, 7) is -2.44. The van der Waals surface area contributed by atoms with Crippen molar-refractivity contribution in [2.45, 2.75) is 6.18 Å². The molecule has 0 saturated carbocycles. The fraction of sp³-hybridized carbons (Fsp3) is 0.300. The summed E-state index contributed by atoms with van der Waals surface area (Å²) >= 11 is 0. The van der Waals surface area contributed by atoms with Crippen LogP contribution in [-0.4, -0.2) is 35.3 Å². The number of carbonyl (C=O) groups is 1. The van der Waals surface area contributed by atoms with E-state index in [1.165, 1.54) is 0 Å². The average Bonchev–Trinajstić information content (AvgIpc) is 2.29. The van der Waals surface area contributed by atoms with Gasteiger partial charge in [-0.25, -0.2) is 0 Å². The first kappa shape index (κ1) is 15.7. The predicted octanol–water partition coefficient (Wildman–Crippen LogP) is 1.82. The summed E-state index contributed by atoms with van der Waals surface area (Å²) in [4.78, 5) is 20.9. The van der Waals surface area contributed by atoms with Crippen LogP contribution in [0.4, 0.5) is 24.5 Å². The summed E-state index contributed by atoms with van der Waals surface area (Å²) in [6.07, 6.45) is -4.55. The van der Waals surface area contributed by atoms with Crippen molar-refractivity contribution in [1.29, 1.82) is 0 Å². The van der Waals surface area contributed by atoms with Crippen molar-refractivity contribution in [2.75, 3.05) is 18.5 Å². The number of carbonyl (C=O) groups excluding carboxylic acids is 1. The zero-order chi connectivity index (χ0) is 15.3. The molecule has 0 radical (unpaired) electrons. The van der Waals surface area contributed by atoms with Crippen molar-refractivity contribution in [3.8, 4) is 5.75 Å². The Hall–Kier alpha value is -2.36. The Kier molecular flexibility index (Phi) is 4.86. The number of phenols is 1. The van der Waals surface area contributed by atoms with Crippen molar-refractivity contribution in [2.24, 2.45) is 0 Å². The lowest BCUT2D eigenvalue weighted by molar-refractivity contribution is -0.384. The minimum Gasteiger partial charge on any atom is -0.506 e. The van der Waals surface area contributed by atoms with Crippen molar-refractivity contribution in [1.82, 2.24) is 0 Å². The highest BCUT2D eigenvalue weighted by molar-refractivity contribution is 5.93. The Labute approximate surface area is 110 Å². The van der Waals surface area contributed by atoms with Crippen LogP contribution in [0.25, 0.3) is 0 Å². The van der Waals surface area contributed by atoms with E-state index in [0.29, 0.717) is 0 Å². The number of alkyl halides is 3. The summed E-state index contributed by atoms with van der Waals surface area (Å²) in [7, 11) is 0. The van der Waals surface area contributed by atoms with Gasteiger partial charge in [-0.05, 0) is 6.07 Å². The SMILES string of the molecule is O=C(COCC(F)(F)F)Nc1ccc([N+](=O)[O-])cc1O. The van der Waals surface area contributed by atoms with Crippen molar-refractivity contribution in [3.05, 3.63) is 28.3 Å². The molecule has 0 bridgehead atoms. The number of nitro benzene ring substituents is 1. The molecule has 0 spiro atoms. The van der Waals surface area contributed by atoms with Gasteiger partial charge in [-0.3, -0.25) is 14.9 Å². The smallest absolute Gasteiger partial charge is 0.411 e. The van der Waals surface area contributed by atoms with E-state index < -0.39 is 41.7 Å². The number of aromatic hydroxyl groups is 1. The minimum absolute atomic E-state index is 0.170. The number of amides is 1. The van der Waals surface area contributed by atoms with Crippen LogP contribution in [0.1, 0.15) is 0 Å². The summed E-state index contributed by atoms with van der Waals surface area (Å²) < 4.78 is 39.4. The van der Waals surface area contributed by atoms with Crippen LogP contribution in [0.15, 0.2) is 18.2 Å². The zero-order valence-electron chi connectivity index (χ0n) is 9.81. The zero-order valence-corrected chi connectivity index (χ0v) is 9.81. The van der Waals surface area contributed by atoms with E-state index in [1.807, 2.05) is 0 Å². The molecule has 110 valence electrons. The molecule has 10 heteroatoms. The molecule has 0 heterocycles. The molecular formula is C10H9F3N2O5. The highest BCUT2D eigenvalue weighted by Gasteiger charge is 2.27. The third-order valence-electron chi connectivity index (χ3n) is 1.97. The number of ether oxygens (including phenoxy) is 1. The highest BCUT2D eigenvalue weighted by Crippen LogP contribution is 2.27. The van der Waals surface area contributed by atoms with Crippen molar-refractivity contribution >= 4 is 17.3 Å². The Bertz CT molecular complexity index is 518. The second-order valence-electron chi connectivity index (χ2n) is 3.61. The molecule has 1 rings (SSSR count). The molecule has 0 aromatic heterocycles. The molecule has 1 amide bonds. The van der Waals surface area contributed by atoms with Gasteiger partial charge >= 0.3 is 6.18 Å². The van der Waals surface area contributed by atoms with Crippen LogP contribution in [0.2, 0.25) is 0 Å². The lowest BCUT2D eigenvalue weighted by Gasteiger charge is -2.09. The maximum absolute atomic E-state index is 11.8. The normalized spacial score (nSPS) is 11.2. The molecule has 0 atom stereocenters. The van der Waals surface area contributed by atoms with Gasteiger partial charge in [0.15, 0.2) is 0 Å². The molecule has 0 aliphatic rings. The Morgan fingerprint density at radius 3 is 2.60 bits per heavy atom. The van der Waals surface area contributed by atoms with Gasteiger partial charge in [0, 0.05) is 6.07 Å². The fourth-order valence-electron chi connectivity index (χ4n) is 1.19. The fourth-order valence-corrected chi connectivity index (χ4v) is 1.19. The number of phenolic OH excluding ortho intramolecular Hbond substituents is 1. The van der Waals surface area contributed by atoms with E-state index in [1.54, 1.807) is 0 Å². The molecule has 0 aliphatic carbocycles. The number of non-ortho nitro benzene ring substituents is 1.